The van der Waals surface area contributed by atoms with Gasteiger partial charge in [-0.3, -0.25) is 10.1 Å². The lowest BCUT2D eigenvalue weighted by Crippen LogP contribution is -2.19. The third-order valence-corrected chi connectivity index (χ3v) is 2.18. The average molecular weight is 224 g/mol. The molecule has 0 heterocycles. The minimum atomic E-state index is -0.402. The van der Waals surface area contributed by atoms with Gasteiger partial charge in [0, 0.05) is 12.1 Å². The van der Waals surface area contributed by atoms with E-state index in [1.165, 1.54) is 0 Å². The van der Waals surface area contributed by atoms with Gasteiger partial charge < -0.3 is 9.64 Å². The van der Waals surface area contributed by atoms with Crippen LogP contribution in [0.3, 0.4) is 0 Å². The molecule has 0 saturated carbocycles. The molecule has 88 valence electrons. The molecule has 0 aliphatic carbocycles. The first kappa shape index (κ1) is 12.4. The number of para-hydroxylation sites is 1. The van der Waals surface area contributed by atoms with Crippen molar-refractivity contribution >= 4 is 5.69 Å². The third-order valence-electron chi connectivity index (χ3n) is 2.18. The second-order valence-electron chi connectivity index (χ2n) is 3.83. The van der Waals surface area contributed by atoms with E-state index in [-0.39, 0.29) is 5.69 Å². The summed E-state index contributed by atoms with van der Waals surface area (Å²) in [7, 11) is 3.85. The van der Waals surface area contributed by atoms with E-state index in [4.69, 9.17) is 4.74 Å². The first-order chi connectivity index (χ1) is 7.52. The van der Waals surface area contributed by atoms with Crippen molar-refractivity contribution in [3.8, 4) is 5.75 Å². The number of rotatable bonds is 5. The zero-order chi connectivity index (χ0) is 12.1. The molecule has 1 aromatic rings. The van der Waals surface area contributed by atoms with Gasteiger partial charge in [0.25, 0.3) is 0 Å². The summed E-state index contributed by atoms with van der Waals surface area (Å²) in [6, 6.07) is 5.09. The molecule has 0 aliphatic heterocycles. The van der Waals surface area contributed by atoms with E-state index < -0.39 is 4.92 Å². The van der Waals surface area contributed by atoms with Gasteiger partial charge in [0.05, 0.1) is 4.92 Å². The molecule has 0 unspecified atom stereocenters. The Kier molecular flexibility index (Phi) is 4.25. The molecule has 0 fully saturated rings. The molecule has 5 nitrogen and oxygen atoms in total. The van der Waals surface area contributed by atoms with Crippen molar-refractivity contribution < 1.29 is 9.66 Å². The first-order valence-electron chi connectivity index (χ1n) is 5.04. The smallest absolute Gasteiger partial charge is 0.313 e. The number of nitrogens with zero attached hydrogens (tertiary/aromatic N) is 2. The molecule has 0 N–H and O–H groups in total. The molecule has 0 aromatic heterocycles. The Balaban J connectivity index is 2.79. The molecule has 0 bridgehead atoms. The number of hydrogen-bond donors (Lipinski definition) is 0. The van der Waals surface area contributed by atoms with E-state index >= 15 is 0 Å². The highest BCUT2D eigenvalue weighted by atomic mass is 16.6. The maximum atomic E-state index is 10.9. The minimum absolute atomic E-state index is 0.0567. The van der Waals surface area contributed by atoms with Crippen molar-refractivity contribution in [2.24, 2.45) is 0 Å². The van der Waals surface area contributed by atoms with E-state index in [0.717, 1.165) is 6.54 Å². The maximum absolute atomic E-state index is 10.9. The lowest BCUT2D eigenvalue weighted by Gasteiger charge is -2.11. The number of aryl methyl sites for hydroxylation is 1. The fourth-order valence-electron chi connectivity index (χ4n) is 1.32. The summed E-state index contributed by atoms with van der Waals surface area (Å²) in [5.74, 6) is 0.340. The van der Waals surface area contributed by atoms with Gasteiger partial charge in [0.1, 0.15) is 6.61 Å². The van der Waals surface area contributed by atoms with Gasteiger partial charge in [0.2, 0.25) is 0 Å². The molecule has 1 rings (SSSR count). The van der Waals surface area contributed by atoms with Crippen LogP contribution in [0.25, 0.3) is 0 Å². The monoisotopic (exact) mass is 224 g/mol. The number of benzene rings is 1. The summed E-state index contributed by atoms with van der Waals surface area (Å²) in [6.07, 6.45) is 0. The van der Waals surface area contributed by atoms with E-state index in [9.17, 15) is 10.1 Å². The van der Waals surface area contributed by atoms with E-state index in [1.54, 1.807) is 25.1 Å². The van der Waals surface area contributed by atoms with Crippen LogP contribution in [0.1, 0.15) is 5.56 Å². The number of nitro groups is 1. The number of nitro benzene ring substituents is 1. The van der Waals surface area contributed by atoms with Crippen molar-refractivity contribution in [3.05, 3.63) is 33.9 Å². The fourth-order valence-corrected chi connectivity index (χ4v) is 1.32. The number of ether oxygens (including phenoxy) is 1. The molecule has 5 heteroatoms. The maximum Gasteiger partial charge on any atom is 0.313 e. The Morgan fingerprint density at radius 1 is 1.44 bits per heavy atom. The molecular formula is C11H16N2O3. The summed E-state index contributed by atoms with van der Waals surface area (Å²) in [6.45, 7) is 2.87. The number of hydrogen-bond acceptors (Lipinski definition) is 4. The van der Waals surface area contributed by atoms with Crippen LogP contribution in [0.5, 0.6) is 5.75 Å². The van der Waals surface area contributed by atoms with Crippen LogP contribution in [-0.2, 0) is 0 Å². The second kappa shape index (κ2) is 5.46. The van der Waals surface area contributed by atoms with Crippen molar-refractivity contribution in [1.82, 2.24) is 4.90 Å². The minimum Gasteiger partial charge on any atom is -0.485 e. The fraction of sp³-hybridized carbons (Fsp3) is 0.455. The first-order valence-corrected chi connectivity index (χ1v) is 5.04. The lowest BCUT2D eigenvalue weighted by molar-refractivity contribution is -0.386. The largest absolute Gasteiger partial charge is 0.485 e. The van der Waals surface area contributed by atoms with Gasteiger partial charge >= 0.3 is 5.69 Å². The predicted octanol–water partition coefficient (Wildman–Crippen LogP) is 1.84. The Hall–Kier alpha value is -1.62. The summed E-state index contributed by atoms with van der Waals surface area (Å²) in [4.78, 5) is 12.4. The predicted molar refractivity (Wildman–Crippen MR) is 61.9 cm³/mol. The summed E-state index contributed by atoms with van der Waals surface area (Å²) < 4.78 is 5.41. The zero-order valence-corrected chi connectivity index (χ0v) is 9.77. The highest BCUT2D eigenvalue weighted by Crippen LogP contribution is 2.29. The van der Waals surface area contributed by atoms with E-state index in [0.29, 0.717) is 17.9 Å². The van der Waals surface area contributed by atoms with Gasteiger partial charge in [-0.05, 0) is 27.1 Å². The lowest BCUT2D eigenvalue weighted by atomic mass is 10.2. The molecule has 1 aromatic carbocycles. The van der Waals surface area contributed by atoms with Crippen molar-refractivity contribution in [2.75, 3.05) is 27.2 Å². The molecule has 16 heavy (non-hydrogen) atoms. The van der Waals surface area contributed by atoms with Crippen molar-refractivity contribution in [1.29, 1.82) is 0 Å². The molecule has 0 atom stereocenters. The van der Waals surface area contributed by atoms with Crippen LogP contribution in [0, 0.1) is 17.0 Å². The summed E-state index contributed by atoms with van der Waals surface area (Å²) in [5, 5.41) is 10.9. The van der Waals surface area contributed by atoms with Gasteiger partial charge in [0.15, 0.2) is 5.75 Å². The Labute approximate surface area is 94.8 Å². The average Bonchev–Trinajstić information content (AvgIpc) is 2.16. The van der Waals surface area contributed by atoms with Crippen LogP contribution in [0.2, 0.25) is 0 Å². The van der Waals surface area contributed by atoms with Crippen LogP contribution in [-0.4, -0.2) is 37.1 Å². The van der Waals surface area contributed by atoms with Crippen LogP contribution < -0.4 is 4.74 Å². The van der Waals surface area contributed by atoms with Crippen molar-refractivity contribution in [2.45, 2.75) is 6.92 Å². The molecule has 0 aliphatic rings. The van der Waals surface area contributed by atoms with Crippen LogP contribution in [0.4, 0.5) is 5.69 Å². The van der Waals surface area contributed by atoms with Crippen LogP contribution in [0.15, 0.2) is 18.2 Å². The SMILES string of the molecule is Cc1cccc(OCCN(C)C)c1[N+](=O)[O-]. The Morgan fingerprint density at radius 3 is 2.69 bits per heavy atom. The van der Waals surface area contributed by atoms with Gasteiger partial charge in [-0.25, -0.2) is 0 Å². The highest BCUT2D eigenvalue weighted by Gasteiger charge is 2.17. The van der Waals surface area contributed by atoms with Gasteiger partial charge in [-0.1, -0.05) is 12.1 Å². The summed E-state index contributed by atoms with van der Waals surface area (Å²) in [5.41, 5.74) is 0.675. The molecule has 0 spiro atoms. The Morgan fingerprint density at radius 2 is 2.12 bits per heavy atom. The topological polar surface area (TPSA) is 55.6 Å². The normalized spacial score (nSPS) is 10.5. The third kappa shape index (κ3) is 3.20. The molecular weight excluding hydrogens is 208 g/mol. The second-order valence-corrected chi connectivity index (χ2v) is 3.83. The molecule has 0 radical (unpaired) electrons. The van der Waals surface area contributed by atoms with E-state index in [2.05, 4.69) is 0 Å². The molecule has 0 saturated heterocycles. The van der Waals surface area contributed by atoms with Crippen molar-refractivity contribution in [3.63, 3.8) is 0 Å². The quantitative estimate of drug-likeness (QED) is 0.565. The zero-order valence-electron chi connectivity index (χ0n) is 9.77. The van der Waals surface area contributed by atoms with Gasteiger partial charge in [-0.2, -0.15) is 0 Å². The number of likely N-dealkylation sites (N-methyl/N-ethyl adjacent to an activating group) is 1. The Bertz CT molecular complexity index is 377. The highest BCUT2D eigenvalue weighted by molar-refractivity contribution is 5.51. The standard InChI is InChI=1S/C11H16N2O3/c1-9-5-4-6-10(11(9)13(14)15)16-8-7-12(2)3/h4-6H,7-8H2,1-3H3. The molecule has 0 amide bonds. The van der Waals surface area contributed by atoms with Crippen LogP contribution >= 0.6 is 0 Å². The summed E-state index contributed by atoms with van der Waals surface area (Å²) >= 11 is 0. The van der Waals surface area contributed by atoms with E-state index in [1.807, 2.05) is 19.0 Å². The van der Waals surface area contributed by atoms with Gasteiger partial charge in [-0.15, -0.1) is 0 Å².